The summed E-state index contributed by atoms with van der Waals surface area (Å²) in [4.78, 5) is 11.1. The van der Waals surface area contributed by atoms with Crippen LogP contribution in [-0.2, 0) is 17.3 Å². The van der Waals surface area contributed by atoms with Gasteiger partial charge in [-0.1, -0.05) is 185 Å². The quantitative estimate of drug-likeness (QED) is 0.120. The monoisotopic (exact) mass is 683 g/mol. The van der Waals surface area contributed by atoms with Gasteiger partial charge in [0.25, 0.3) is 0 Å². The highest BCUT2D eigenvalue weighted by molar-refractivity contribution is 5.94. The third-order valence-electron chi connectivity index (χ3n) is 11.0. The van der Waals surface area contributed by atoms with E-state index in [2.05, 4.69) is 142 Å². The van der Waals surface area contributed by atoms with Crippen LogP contribution in [-0.4, -0.2) is 5.78 Å². The molecule has 1 aliphatic carbocycles. The molecule has 51 heavy (non-hydrogen) atoms. The number of aryl methyl sites for hydroxylation is 1. The Morgan fingerprint density at radius 1 is 0.627 bits per heavy atom. The lowest BCUT2D eigenvalue weighted by molar-refractivity contribution is 0.101. The highest BCUT2D eigenvalue weighted by atomic mass is 16.1. The van der Waals surface area contributed by atoms with Crippen molar-refractivity contribution in [3.8, 4) is 22.3 Å². The van der Waals surface area contributed by atoms with E-state index in [9.17, 15) is 4.79 Å². The van der Waals surface area contributed by atoms with Crippen molar-refractivity contribution in [2.75, 3.05) is 0 Å². The molecule has 272 valence electrons. The fraction of sp³-hybridized carbons (Fsp3) is 0.460. The molecule has 1 heteroatoms. The molecule has 1 unspecified atom stereocenters. The predicted molar refractivity (Wildman–Crippen MR) is 224 cm³/mol. The van der Waals surface area contributed by atoms with Gasteiger partial charge in [0.2, 0.25) is 0 Å². The smallest absolute Gasteiger partial charge is 0.159 e. The van der Waals surface area contributed by atoms with Gasteiger partial charge in [0.1, 0.15) is 0 Å². The maximum atomic E-state index is 11.1. The largest absolute Gasteiger partial charge is 0.295 e. The number of rotatable bonds is 10. The van der Waals surface area contributed by atoms with Crippen molar-refractivity contribution in [2.45, 2.75) is 145 Å². The lowest BCUT2D eigenvalue weighted by atomic mass is 9.84. The molecule has 1 aliphatic rings. The molecule has 0 aliphatic heterocycles. The average molecular weight is 683 g/mol. The Morgan fingerprint density at radius 3 is 1.57 bits per heavy atom. The summed E-state index contributed by atoms with van der Waals surface area (Å²) >= 11 is 0. The van der Waals surface area contributed by atoms with Crippen molar-refractivity contribution >= 4 is 16.9 Å². The van der Waals surface area contributed by atoms with Gasteiger partial charge in [0, 0.05) is 5.56 Å². The van der Waals surface area contributed by atoms with E-state index < -0.39 is 0 Å². The van der Waals surface area contributed by atoms with Gasteiger partial charge in [-0.3, -0.25) is 4.79 Å². The van der Waals surface area contributed by atoms with Crippen molar-refractivity contribution in [1.29, 1.82) is 0 Å². The minimum Gasteiger partial charge on any atom is -0.295 e. The van der Waals surface area contributed by atoms with Crippen LogP contribution >= 0.6 is 0 Å². The molecule has 0 saturated carbocycles. The second-order valence-electron chi connectivity index (χ2n) is 16.9. The van der Waals surface area contributed by atoms with Crippen molar-refractivity contribution in [2.24, 2.45) is 5.92 Å². The third kappa shape index (κ3) is 10.2. The molecule has 1 atom stereocenters. The summed E-state index contributed by atoms with van der Waals surface area (Å²) in [7, 11) is 0. The van der Waals surface area contributed by atoms with E-state index in [0.29, 0.717) is 5.92 Å². The van der Waals surface area contributed by atoms with Gasteiger partial charge >= 0.3 is 0 Å². The van der Waals surface area contributed by atoms with E-state index in [1.165, 1.54) is 87.9 Å². The van der Waals surface area contributed by atoms with E-state index in [-0.39, 0.29) is 16.6 Å². The minimum absolute atomic E-state index is 0.146. The number of ketones is 1. The molecule has 4 aromatic rings. The van der Waals surface area contributed by atoms with Crippen LogP contribution in [0.2, 0.25) is 0 Å². The summed E-state index contributed by atoms with van der Waals surface area (Å²) in [5.74, 6) is 0.747. The zero-order valence-electron chi connectivity index (χ0n) is 33.9. The van der Waals surface area contributed by atoms with E-state index in [0.717, 1.165) is 24.8 Å². The Hall–Kier alpha value is -3.71. The minimum atomic E-state index is 0.146. The summed E-state index contributed by atoms with van der Waals surface area (Å²) in [5, 5.41) is 3.03. The van der Waals surface area contributed by atoms with Crippen LogP contribution < -0.4 is 10.4 Å². The van der Waals surface area contributed by atoms with Crippen LogP contribution in [0.5, 0.6) is 0 Å². The van der Waals surface area contributed by atoms with Crippen molar-refractivity contribution in [3.63, 3.8) is 0 Å². The van der Waals surface area contributed by atoms with Crippen molar-refractivity contribution < 1.29 is 4.79 Å². The molecule has 4 aromatic carbocycles. The van der Waals surface area contributed by atoms with Crippen LogP contribution in [0, 0.1) is 5.92 Å². The van der Waals surface area contributed by atoms with E-state index in [1.807, 2.05) is 12.1 Å². The maximum Gasteiger partial charge on any atom is 0.159 e. The first-order chi connectivity index (χ1) is 24.2. The maximum absolute atomic E-state index is 11.1. The number of benzene rings is 4. The van der Waals surface area contributed by atoms with Crippen LogP contribution in [0.25, 0.3) is 33.4 Å². The standard InChI is InChI=1S/C36H46.C14H20O/c1-10-25-13-12-24(3)30(11-2)34-32(27-16-20-29(21-17-27)36(7,8)9)23-22-31(33(25)34)26-14-18-28(19-15-26)35(4,5)6;1-3-4-5-6-7-13-8-10-14(11-9-13)12(2)15/h14-24H,10-13H2,1-9H3;8-11H,3-7H2,1-2H3. The second kappa shape index (κ2) is 17.7. The number of carbonyl (C=O) groups excluding carboxylic acids is 1. The van der Waals surface area contributed by atoms with E-state index >= 15 is 0 Å². The molecule has 5 rings (SSSR count). The molecule has 0 fully saturated rings. The number of hydrogen-bond acceptors (Lipinski definition) is 1. The molecular weight excluding hydrogens is 617 g/mol. The van der Waals surface area contributed by atoms with E-state index in [1.54, 1.807) is 18.1 Å². The van der Waals surface area contributed by atoms with Crippen LogP contribution in [0.3, 0.4) is 0 Å². The van der Waals surface area contributed by atoms with Gasteiger partial charge in [-0.15, -0.1) is 0 Å². The Morgan fingerprint density at radius 2 is 1.14 bits per heavy atom. The number of hydrogen-bond donors (Lipinski definition) is 0. The summed E-state index contributed by atoms with van der Waals surface area (Å²) in [6, 6.07) is 31.5. The van der Waals surface area contributed by atoms with Gasteiger partial charge in [-0.25, -0.2) is 0 Å². The third-order valence-corrected chi connectivity index (χ3v) is 11.0. The summed E-state index contributed by atoms with van der Waals surface area (Å²) in [6.45, 7) is 24.7. The fourth-order valence-corrected chi connectivity index (χ4v) is 7.56. The first-order valence-corrected chi connectivity index (χ1v) is 19.9. The highest BCUT2D eigenvalue weighted by Gasteiger charge is 2.21. The zero-order chi connectivity index (χ0) is 37.3. The molecule has 1 nitrogen and oxygen atoms in total. The Kier molecular flexibility index (Phi) is 13.9. The highest BCUT2D eigenvalue weighted by Crippen LogP contribution is 2.31. The Bertz CT molecular complexity index is 1850. The molecule has 0 saturated heterocycles. The molecule has 0 bridgehead atoms. The Balaban J connectivity index is 0.000000326. The summed E-state index contributed by atoms with van der Waals surface area (Å²) in [6.07, 6.45) is 10.9. The zero-order valence-corrected chi connectivity index (χ0v) is 33.9. The average Bonchev–Trinajstić information content (AvgIpc) is 3.25. The molecule has 0 aromatic heterocycles. The number of fused-ring (bicyclic) bond motifs is 1. The number of Topliss-reactive ketones (excluding diaryl/α,β-unsaturated/α-hetero) is 1. The number of carbonyl (C=O) groups is 1. The van der Waals surface area contributed by atoms with Crippen molar-refractivity contribution in [3.05, 3.63) is 118 Å². The van der Waals surface area contributed by atoms with Crippen LogP contribution in [0.15, 0.2) is 84.9 Å². The van der Waals surface area contributed by atoms with Crippen LogP contribution in [0.1, 0.15) is 155 Å². The second-order valence-corrected chi connectivity index (χ2v) is 16.9. The molecule has 0 radical (unpaired) electrons. The first kappa shape index (κ1) is 40.1. The topological polar surface area (TPSA) is 17.1 Å². The van der Waals surface area contributed by atoms with Crippen LogP contribution in [0.4, 0.5) is 0 Å². The lowest BCUT2D eigenvalue weighted by Crippen LogP contribution is -2.33. The van der Waals surface area contributed by atoms with Gasteiger partial charge in [0.15, 0.2) is 5.78 Å². The molecule has 0 heterocycles. The summed E-state index contributed by atoms with van der Waals surface area (Å²) < 4.78 is 0. The first-order valence-electron chi connectivity index (χ1n) is 19.9. The Labute approximate surface area is 311 Å². The number of unbranched alkanes of at least 4 members (excludes halogenated alkanes) is 3. The summed E-state index contributed by atoms with van der Waals surface area (Å²) in [5.41, 5.74) is 14.0. The fourth-order valence-electron chi connectivity index (χ4n) is 7.56. The van der Waals surface area contributed by atoms with Crippen molar-refractivity contribution in [1.82, 2.24) is 0 Å². The van der Waals surface area contributed by atoms with Gasteiger partial charge in [-0.05, 0) is 112 Å². The molecule has 0 spiro atoms. The SMILES string of the molecule is CCC1=c2c(-c3ccc(C(C)(C)C)cc3)ccc(-c3ccc(C(C)(C)C)cc3)c2=C(CC)C(C)CC1.CCCCCCc1ccc(C(C)=O)cc1. The van der Waals surface area contributed by atoms with Gasteiger partial charge in [0.05, 0.1) is 0 Å². The lowest BCUT2D eigenvalue weighted by Gasteiger charge is -2.21. The molecular formula is C50H66O. The van der Waals surface area contributed by atoms with E-state index in [4.69, 9.17) is 0 Å². The van der Waals surface area contributed by atoms with Gasteiger partial charge < -0.3 is 0 Å². The molecule has 0 N–H and O–H groups in total. The van der Waals surface area contributed by atoms with Gasteiger partial charge in [-0.2, -0.15) is 0 Å². The normalized spacial score (nSPS) is 14.8. The predicted octanol–water partition coefficient (Wildman–Crippen LogP) is 13.2. The molecule has 0 amide bonds.